The average molecular weight is 197 g/mol. The number of aryl methyl sites for hydroxylation is 1. The molecule has 0 fully saturated rings. The lowest BCUT2D eigenvalue weighted by molar-refractivity contribution is 0.193. The summed E-state index contributed by atoms with van der Waals surface area (Å²) in [5, 5.41) is 7.55. The van der Waals surface area contributed by atoms with Crippen molar-refractivity contribution < 1.29 is 4.74 Å². The van der Waals surface area contributed by atoms with E-state index >= 15 is 0 Å². The lowest BCUT2D eigenvalue weighted by Crippen LogP contribution is -2.20. The maximum Gasteiger partial charge on any atom is 0.0537 e. The van der Waals surface area contributed by atoms with E-state index in [4.69, 9.17) is 4.74 Å². The number of hydrogen-bond acceptors (Lipinski definition) is 3. The zero-order chi connectivity index (χ0) is 10.4. The quantitative estimate of drug-likeness (QED) is 0.694. The van der Waals surface area contributed by atoms with Crippen molar-refractivity contribution in [2.45, 2.75) is 19.4 Å². The van der Waals surface area contributed by atoms with Crippen molar-refractivity contribution in [1.82, 2.24) is 15.1 Å². The average Bonchev–Trinajstić information content (AvgIpc) is 2.59. The van der Waals surface area contributed by atoms with Crippen LogP contribution in [0.25, 0.3) is 0 Å². The number of ether oxygens (including phenoxy) is 1. The van der Waals surface area contributed by atoms with Crippen LogP contribution in [0.5, 0.6) is 0 Å². The SMILES string of the molecule is COCCCN[C@@H](C)c1cnn(C)c1. The predicted octanol–water partition coefficient (Wildman–Crippen LogP) is 1.11. The molecule has 0 unspecified atom stereocenters. The summed E-state index contributed by atoms with van der Waals surface area (Å²) < 4.78 is 6.80. The number of aromatic nitrogens is 2. The highest BCUT2D eigenvalue weighted by molar-refractivity contribution is 5.08. The second kappa shape index (κ2) is 5.78. The molecule has 0 bridgehead atoms. The Labute approximate surface area is 85.3 Å². The molecule has 1 aromatic rings. The van der Waals surface area contributed by atoms with Gasteiger partial charge in [-0.3, -0.25) is 4.68 Å². The minimum Gasteiger partial charge on any atom is -0.385 e. The summed E-state index contributed by atoms with van der Waals surface area (Å²) in [7, 11) is 3.66. The molecule has 14 heavy (non-hydrogen) atoms. The Hall–Kier alpha value is -0.870. The van der Waals surface area contributed by atoms with Crippen molar-refractivity contribution in [3.63, 3.8) is 0 Å². The highest BCUT2D eigenvalue weighted by atomic mass is 16.5. The molecule has 0 aromatic carbocycles. The van der Waals surface area contributed by atoms with Gasteiger partial charge in [-0.15, -0.1) is 0 Å². The molecule has 4 nitrogen and oxygen atoms in total. The van der Waals surface area contributed by atoms with Crippen LogP contribution in [0.3, 0.4) is 0 Å². The van der Waals surface area contributed by atoms with E-state index in [2.05, 4.69) is 17.3 Å². The van der Waals surface area contributed by atoms with Crippen molar-refractivity contribution in [1.29, 1.82) is 0 Å². The van der Waals surface area contributed by atoms with Crippen LogP contribution in [0.2, 0.25) is 0 Å². The molecule has 0 amide bonds. The van der Waals surface area contributed by atoms with Crippen LogP contribution in [0, 0.1) is 0 Å². The fourth-order valence-electron chi connectivity index (χ4n) is 1.32. The van der Waals surface area contributed by atoms with Gasteiger partial charge in [0.25, 0.3) is 0 Å². The molecule has 0 spiro atoms. The second-order valence-corrected chi connectivity index (χ2v) is 3.47. The molecule has 1 atom stereocenters. The Kier molecular flexibility index (Phi) is 4.62. The largest absolute Gasteiger partial charge is 0.385 e. The minimum absolute atomic E-state index is 0.362. The normalized spacial score (nSPS) is 13.1. The lowest BCUT2D eigenvalue weighted by Gasteiger charge is -2.11. The Bertz CT molecular complexity index is 260. The summed E-state index contributed by atoms with van der Waals surface area (Å²) in [5.41, 5.74) is 1.23. The summed E-state index contributed by atoms with van der Waals surface area (Å²) >= 11 is 0. The first-order valence-electron chi connectivity index (χ1n) is 4.95. The highest BCUT2D eigenvalue weighted by Gasteiger charge is 2.05. The molecule has 1 rings (SSSR count). The van der Waals surface area contributed by atoms with Gasteiger partial charge in [-0.2, -0.15) is 5.10 Å². The van der Waals surface area contributed by atoms with Gasteiger partial charge >= 0.3 is 0 Å². The van der Waals surface area contributed by atoms with Crippen molar-refractivity contribution in [3.05, 3.63) is 18.0 Å². The maximum absolute atomic E-state index is 4.98. The topological polar surface area (TPSA) is 39.1 Å². The van der Waals surface area contributed by atoms with Gasteiger partial charge < -0.3 is 10.1 Å². The molecule has 0 radical (unpaired) electrons. The molecular weight excluding hydrogens is 178 g/mol. The van der Waals surface area contributed by atoms with E-state index in [1.54, 1.807) is 7.11 Å². The van der Waals surface area contributed by atoms with Crippen LogP contribution in [0.15, 0.2) is 12.4 Å². The minimum atomic E-state index is 0.362. The molecule has 0 saturated heterocycles. The van der Waals surface area contributed by atoms with Crippen molar-refractivity contribution in [2.24, 2.45) is 7.05 Å². The third-order valence-corrected chi connectivity index (χ3v) is 2.20. The fourth-order valence-corrected chi connectivity index (χ4v) is 1.32. The summed E-state index contributed by atoms with van der Waals surface area (Å²) in [5.74, 6) is 0. The van der Waals surface area contributed by atoms with E-state index in [9.17, 15) is 0 Å². The van der Waals surface area contributed by atoms with Gasteiger partial charge in [0.2, 0.25) is 0 Å². The van der Waals surface area contributed by atoms with Crippen LogP contribution < -0.4 is 5.32 Å². The molecule has 0 aliphatic heterocycles. The van der Waals surface area contributed by atoms with Crippen molar-refractivity contribution >= 4 is 0 Å². The molecule has 1 aromatic heterocycles. The zero-order valence-electron chi connectivity index (χ0n) is 9.16. The van der Waals surface area contributed by atoms with Gasteiger partial charge in [-0.1, -0.05) is 0 Å². The standard InChI is InChI=1S/C10H19N3O/c1-9(11-5-4-6-14-3)10-7-12-13(2)8-10/h7-9,11H,4-6H2,1-3H3/t9-/m0/s1. The monoisotopic (exact) mass is 197 g/mol. The smallest absolute Gasteiger partial charge is 0.0537 e. The lowest BCUT2D eigenvalue weighted by atomic mass is 10.2. The van der Waals surface area contributed by atoms with Crippen LogP contribution in [0.1, 0.15) is 24.9 Å². The molecular formula is C10H19N3O. The first-order valence-corrected chi connectivity index (χ1v) is 4.95. The van der Waals surface area contributed by atoms with Gasteiger partial charge in [0.05, 0.1) is 6.20 Å². The first kappa shape index (κ1) is 11.2. The van der Waals surface area contributed by atoms with Crippen molar-refractivity contribution in [2.75, 3.05) is 20.3 Å². The molecule has 1 heterocycles. The van der Waals surface area contributed by atoms with Crippen LogP contribution in [-0.4, -0.2) is 30.0 Å². The molecule has 0 saturated carbocycles. The van der Waals surface area contributed by atoms with E-state index in [1.807, 2.05) is 24.1 Å². The molecule has 1 N–H and O–H groups in total. The Morgan fingerprint density at radius 3 is 3.00 bits per heavy atom. The molecule has 4 heteroatoms. The van der Waals surface area contributed by atoms with E-state index in [1.165, 1.54) is 5.56 Å². The number of nitrogens with zero attached hydrogens (tertiary/aromatic N) is 2. The number of hydrogen-bond donors (Lipinski definition) is 1. The van der Waals surface area contributed by atoms with Crippen molar-refractivity contribution in [3.8, 4) is 0 Å². The molecule has 80 valence electrons. The second-order valence-electron chi connectivity index (χ2n) is 3.47. The van der Waals surface area contributed by atoms with Gasteiger partial charge in [0.1, 0.15) is 0 Å². The summed E-state index contributed by atoms with van der Waals surface area (Å²) in [6, 6.07) is 0.362. The number of nitrogens with one attached hydrogen (secondary N) is 1. The third kappa shape index (κ3) is 3.47. The Morgan fingerprint density at radius 1 is 1.64 bits per heavy atom. The highest BCUT2D eigenvalue weighted by Crippen LogP contribution is 2.09. The molecule has 0 aliphatic carbocycles. The van der Waals surface area contributed by atoms with E-state index in [0.717, 1.165) is 19.6 Å². The summed E-state index contributed by atoms with van der Waals surface area (Å²) in [6.07, 6.45) is 4.98. The van der Waals surface area contributed by atoms with E-state index in [-0.39, 0.29) is 0 Å². The maximum atomic E-state index is 4.98. The fraction of sp³-hybridized carbons (Fsp3) is 0.700. The zero-order valence-corrected chi connectivity index (χ0v) is 9.16. The molecule has 0 aliphatic rings. The van der Waals surface area contributed by atoms with Crippen LogP contribution >= 0.6 is 0 Å². The Balaban J connectivity index is 2.25. The third-order valence-electron chi connectivity index (χ3n) is 2.20. The van der Waals surface area contributed by atoms with Gasteiger partial charge in [-0.25, -0.2) is 0 Å². The van der Waals surface area contributed by atoms with Crippen LogP contribution in [0.4, 0.5) is 0 Å². The van der Waals surface area contributed by atoms with Crippen LogP contribution in [-0.2, 0) is 11.8 Å². The van der Waals surface area contributed by atoms with Gasteiger partial charge in [-0.05, 0) is 19.9 Å². The number of rotatable bonds is 6. The van der Waals surface area contributed by atoms with E-state index < -0.39 is 0 Å². The van der Waals surface area contributed by atoms with Gasteiger partial charge in [0.15, 0.2) is 0 Å². The summed E-state index contributed by atoms with van der Waals surface area (Å²) in [4.78, 5) is 0. The summed E-state index contributed by atoms with van der Waals surface area (Å²) in [6.45, 7) is 3.93. The Morgan fingerprint density at radius 2 is 2.43 bits per heavy atom. The predicted molar refractivity (Wildman–Crippen MR) is 56.1 cm³/mol. The van der Waals surface area contributed by atoms with Gasteiger partial charge in [0, 0.05) is 38.6 Å². The van der Waals surface area contributed by atoms with E-state index in [0.29, 0.717) is 6.04 Å². The number of methoxy groups -OCH3 is 1. The first-order chi connectivity index (χ1) is 6.74.